The highest BCUT2D eigenvalue weighted by molar-refractivity contribution is 6.52. The van der Waals surface area contributed by atoms with Crippen LogP contribution < -0.4 is 14.4 Å². The average Bonchev–Trinajstić information content (AvgIpc) is 3.12. The third kappa shape index (κ3) is 5.00. The average molecular weight is 522 g/mol. The molecule has 192 valence electrons. The summed E-state index contributed by atoms with van der Waals surface area (Å²) in [4.78, 5) is 28.2. The highest BCUT2D eigenvalue weighted by Gasteiger charge is 2.47. The van der Waals surface area contributed by atoms with Crippen LogP contribution in [-0.4, -0.2) is 34.6 Å². The van der Waals surface area contributed by atoms with Crippen molar-refractivity contribution in [2.24, 2.45) is 0 Å². The van der Waals surface area contributed by atoms with Crippen molar-refractivity contribution in [3.05, 3.63) is 87.9 Å². The fourth-order valence-electron chi connectivity index (χ4n) is 4.34. The van der Waals surface area contributed by atoms with Crippen LogP contribution in [0.1, 0.15) is 43.5 Å². The van der Waals surface area contributed by atoms with Crippen molar-refractivity contribution >= 4 is 34.7 Å². The largest absolute Gasteiger partial charge is 0.507 e. The van der Waals surface area contributed by atoms with Gasteiger partial charge in [0, 0.05) is 16.3 Å². The Kier molecular flexibility index (Phi) is 7.45. The minimum Gasteiger partial charge on any atom is -0.507 e. The lowest BCUT2D eigenvalue weighted by atomic mass is 9.94. The van der Waals surface area contributed by atoms with Crippen LogP contribution in [0.5, 0.6) is 17.2 Å². The Morgan fingerprint density at radius 3 is 2.43 bits per heavy atom. The summed E-state index contributed by atoms with van der Waals surface area (Å²) in [7, 11) is 0. The van der Waals surface area contributed by atoms with E-state index >= 15 is 0 Å². The molecule has 0 saturated carbocycles. The number of Topliss-reactive ketones (excluding diaryl/α,β-unsaturated/α-hetero) is 1. The van der Waals surface area contributed by atoms with E-state index < -0.39 is 17.7 Å². The first kappa shape index (κ1) is 26.1. The molecule has 2 N–H and O–H groups in total. The maximum atomic E-state index is 13.4. The van der Waals surface area contributed by atoms with E-state index in [9.17, 15) is 19.8 Å². The molecule has 3 aromatic carbocycles. The number of nitrogens with zero attached hydrogens (tertiary/aromatic N) is 1. The van der Waals surface area contributed by atoms with E-state index in [1.165, 1.54) is 11.0 Å². The monoisotopic (exact) mass is 521 g/mol. The molecule has 37 heavy (non-hydrogen) atoms. The lowest BCUT2D eigenvalue weighted by Gasteiger charge is -2.27. The number of benzene rings is 3. The number of carbonyl (C=O) groups is 2. The molecule has 1 saturated heterocycles. The second-order valence-electron chi connectivity index (χ2n) is 8.90. The summed E-state index contributed by atoms with van der Waals surface area (Å²) in [5.74, 6) is -1.24. The van der Waals surface area contributed by atoms with Crippen molar-refractivity contribution in [1.29, 1.82) is 0 Å². The van der Waals surface area contributed by atoms with E-state index in [0.29, 0.717) is 39.8 Å². The van der Waals surface area contributed by atoms with Gasteiger partial charge in [-0.1, -0.05) is 23.7 Å². The quantitative estimate of drug-likeness (QED) is 0.219. The zero-order chi connectivity index (χ0) is 26.9. The molecule has 1 unspecified atom stereocenters. The molecule has 0 radical (unpaired) electrons. The number of halogens is 1. The van der Waals surface area contributed by atoms with Crippen LogP contribution in [0.25, 0.3) is 5.76 Å². The summed E-state index contributed by atoms with van der Waals surface area (Å²) >= 11 is 6.35. The first-order valence-electron chi connectivity index (χ1n) is 11.9. The normalized spacial score (nSPS) is 16.9. The van der Waals surface area contributed by atoms with Gasteiger partial charge in [-0.25, -0.2) is 0 Å². The molecular weight excluding hydrogens is 494 g/mol. The predicted molar refractivity (Wildman–Crippen MR) is 142 cm³/mol. The topological polar surface area (TPSA) is 96.3 Å². The van der Waals surface area contributed by atoms with Crippen LogP contribution in [0.2, 0.25) is 5.02 Å². The van der Waals surface area contributed by atoms with Crippen LogP contribution in [0.4, 0.5) is 5.69 Å². The maximum absolute atomic E-state index is 13.4. The van der Waals surface area contributed by atoms with Crippen LogP contribution >= 0.6 is 11.6 Å². The minimum atomic E-state index is -0.997. The van der Waals surface area contributed by atoms with Gasteiger partial charge >= 0.3 is 0 Å². The number of anilines is 1. The number of ether oxygens (including phenoxy) is 2. The fraction of sp³-hybridized carbons (Fsp3) is 0.241. The molecule has 1 aliphatic rings. The third-order valence-electron chi connectivity index (χ3n) is 6.04. The van der Waals surface area contributed by atoms with E-state index in [0.717, 1.165) is 0 Å². The van der Waals surface area contributed by atoms with Crippen molar-refractivity contribution in [2.75, 3.05) is 11.5 Å². The first-order valence-corrected chi connectivity index (χ1v) is 12.3. The van der Waals surface area contributed by atoms with Gasteiger partial charge in [-0.3, -0.25) is 14.5 Å². The van der Waals surface area contributed by atoms with Crippen LogP contribution in [0.3, 0.4) is 0 Å². The van der Waals surface area contributed by atoms with Gasteiger partial charge in [0.05, 0.1) is 24.3 Å². The number of aliphatic hydroxyl groups is 1. The molecule has 0 bridgehead atoms. The summed E-state index contributed by atoms with van der Waals surface area (Å²) in [5.41, 5.74) is 1.78. The Labute approximate surface area is 220 Å². The van der Waals surface area contributed by atoms with Gasteiger partial charge < -0.3 is 19.7 Å². The zero-order valence-electron chi connectivity index (χ0n) is 21.0. The minimum absolute atomic E-state index is 0.0280. The van der Waals surface area contributed by atoms with Crippen molar-refractivity contribution in [3.8, 4) is 17.2 Å². The first-order chi connectivity index (χ1) is 17.6. The summed E-state index contributed by atoms with van der Waals surface area (Å²) in [6, 6.07) is 15.3. The highest BCUT2D eigenvalue weighted by Crippen LogP contribution is 2.45. The number of hydrogen-bond donors (Lipinski definition) is 2. The van der Waals surface area contributed by atoms with E-state index in [1.54, 1.807) is 68.4 Å². The molecule has 1 heterocycles. The second-order valence-corrected chi connectivity index (χ2v) is 9.31. The number of phenols is 1. The fourth-order valence-corrected chi connectivity index (χ4v) is 4.51. The smallest absolute Gasteiger partial charge is 0.300 e. The number of phenolic OH excluding ortho intramolecular Hbond substituents is 1. The molecule has 0 aliphatic carbocycles. The number of aliphatic hydroxyl groups excluding tert-OH is 1. The van der Waals surface area contributed by atoms with Crippen molar-refractivity contribution in [2.45, 2.75) is 39.8 Å². The third-order valence-corrected chi connectivity index (χ3v) is 6.45. The molecule has 8 heteroatoms. The Hall–Kier alpha value is -3.97. The van der Waals surface area contributed by atoms with E-state index in [2.05, 4.69) is 0 Å². The van der Waals surface area contributed by atoms with Crippen LogP contribution in [0, 0.1) is 6.92 Å². The van der Waals surface area contributed by atoms with E-state index in [4.69, 9.17) is 21.1 Å². The SMILES string of the molecule is CCOc1cc(C2/C(=C(\O)c3ccc(OC(C)C)cc3)C(=O)C(=O)N2c2cccc(Cl)c2C)ccc1O. The molecule has 1 aliphatic heterocycles. The van der Waals surface area contributed by atoms with E-state index in [1.807, 2.05) is 13.8 Å². The van der Waals surface area contributed by atoms with Gasteiger partial charge in [-0.15, -0.1) is 0 Å². The number of ketones is 1. The highest BCUT2D eigenvalue weighted by atomic mass is 35.5. The lowest BCUT2D eigenvalue weighted by molar-refractivity contribution is -0.132. The molecule has 1 amide bonds. The lowest BCUT2D eigenvalue weighted by Crippen LogP contribution is -2.30. The Morgan fingerprint density at radius 2 is 1.78 bits per heavy atom. The van der Waals surface area contributed by atoms with Crippen molar-refractivity contribution in [3.63, 3.8) is 0 Å². The summed E-state index contributed by atoms with van der Waals surface area (Å²) in [6.07, 6.45) is -0.0280. The summed E-state index contributed by atoms with van der Waals surface area (Å²) in [6.45, 7) is 7.64. The molecule has 0 aromatic heterocycles. The number of rotatable bonds is 7. The standard InChI is InChI=1S/C29H28ClNO6/c1-5-36-24-15-19(11-14-23(24)32)26-25(27(33)18-9-12-20(13-10-18)37-16(2)3)28(34)29(35)31(26)22-8-6-7-21(30)17(22)4/h6-16,26,32-33H,5H2,1-4H3/b27-25+. The molecule has 4 rings (SSSR count). The molecule has 3 aromatic rings. The zero-order valence-corrected chi connectivity index (χ0v) is 21.7. The Bertz CT molecular complexity index is 1380. The van der Waals surface area contributed by atoms with Gasteiger partial charge in [0.15, 0.2) is 11.5 Å². The predicted octanol–water partition coefficient (Wildman–Crippen LogP) is 6.17. The molecule has 7 nitrogen and oxygen atoms in total. The van der Waals surface area contributed by atoms with Crippen molar-refractivity contribution < 1.29 is 29.3 Å². The Balaban J connectivity index is 1.93. The molecular formula is C29H28ClNO6. The van der Waals surface area contributed by atoms with Crippen LogP contribution in [-0.2, 0) is 9.59 Å². The summed E-state index contributed by atoms with van der Waals surface area (Å²) < 4.78 is 11.2. The van der Waals surface area contributed by atoms with Crippen molar-refractivity contribution in [1.82, 2.24) is 0 Å². The molecule has 1 fully saturated rings. The number of amides is 1. The summed E-state index contributed by atoms with van der Waals surface area (Å²) in [5, 5.41) is 22.0. The number of aromatic hydroxyl groups is 1. The van der Waals surface area contributed by atoms with Crippen LogP contribution in [0.15, 0.2) is 66.2 Å². The van der Waals surface area contributed by atoms with Gasteiger partial charge in [0.25, 0.3) is 11.7 Å². The Morgan fingerprint density at radius 1 is 1.08 bits per heavy atom. The maximum Gasteiger partial charge on any atom is 0.300 e. The van der Waals surface area contributed by atoms with E-state index in [-0.39, 0.29) is 28.9 Å². The number of carbonyl (C=O) groups excluding carboxylic acids is 2. The van der Waals surface area contributed by atoms with Gasteiger partial charge in [-0.2, -0.15) is 0 Å². The van der Waals surface area contributed by atoms with Gasteiger partial charge in [0.1, 0.15) is 11.5 Å². The molecule has 0 spiro atoms. The van der Waals surface area contributed by atoms with Gasteiger partial charge in [-0.05, 0) is 87.4 Å². The number of hydrogen-bond acceptors (Lipinski definition) is 6. The molecule has 1 atom stereocenters. The van der Waals surface area contributed by atoms with Gasteiger partial charge in [0.2, 0.25) is 0 Å². The second kappa shape index (κ2) is 10.6.